The molecule has 3 nitrogen and oxygen atoms in total. The van der Waals surface area contributed by atoms with Crippen molar-refractivity contribution in [3.63, 3.8) is 0 Å². The third kappa shape index (κ3) is 3.14. The van der Waals surface area contributed by atoms with Crippen molar-refractivity contribution in [2.24, 2.45) is 0 Å². The third-order valence-corrected chi connectivity index (χ3v) is 2.15. The summed E-state index contributed by atoms with van der Waals surface area (Å²) < 4.78 is 0.880. The highest BCUT2D eigenvalue weighted by molar-refractivity contribution is 9.10. The molecule has 0 fully saturated rings. The Morgan fingerprint density at radius 2 is 2.54 bits per heavy atom. The van der Waals surface area contributed by atoms with Gasteiger partial charge in [0.1, 0.15) is 12.1 Å². The average Bonchev–Trinajstić information content (AvgIpc) is 2.09. The van der Waals surface area contributed by atoms with Crippen LogP contribution in [-0.2, 0) is 0 Å². The van der Waals surface area contributed by atoms with Gasteiger partial charge in [0.25, 0.3) is 0 Å². The number of anilines is 1. The molecule has 0 bridgehead atoms. The monoisotopic (exact) mass is 241 g/mol. The predicted octanol–water partition coefficient (Wildman–Crippen LogP) is 2.62. The first-order chi connectivity index (χ1) is 6.24. The molecule has 1 N–H and O–H groups in total. The van der Waals surface area contributed by atoms with Crippen LogP contribution in [-0.4, -0.2) is 16.0 Å². The van der Waals surface area contributed by atoms with Crippen molar-refractivity contribution in [2.75, 3.05) is 5.32 Å². The zero-order valence-corrected chi connectivity index (χ0v) is 9.08. The lowest BCUT2D eigenvalue weighted by molar-refractivity contribution is 0.805. The molecule has 0 amide bonds. The maximum absolute atomic E-state index is 4.10. The predicted molar refractivity (Wildman–Crippen MR) is 57.6 cm³/mol. The number of rotatable bonds is 4. The molecule has 13 heavy (non-hydrogen) atoms. The summed E-state index contributed by atoms with van der Waals surface area (Å²) in [5.41, 5.74) is 0. The van der Waals surface area contributed by atoms with Crippen LogP contribution in [0.25, 0.3) is 0 Å². The first-order valence-electron chi connectivity index (χ1n) is 4.07. The number of nitrogens with one attached hydrogen (secondary N) is 1. The Bertz CT molecular complexity index is 288. The third-order valence-electron chi connectivity index (χ3n) is 1.57. The Balaban J connectivity index is 2.63. The highest BCUT2D eigenvalue weighted by atomic mass is 79.9. The molecule has 1 atom stereocenters. The number of halogens is 1. The van der Waals surface area contributed by atoms with Crippen LogP contribution in [0.2, 0.25) is 0 Å². The SMILES string of the molecule is C=CCC(C)Nc1ncncc1Br. The van der Waals surface area contributed by atoms with Crippen molar-refractivity contribution in [3.8, 4) is 0 Å². The van der Waals surface area contributed by atoms with Crippen molar-refractivity contribution in [3.05, 3.63) is 29.7 Å². The van der Waals surface area contributed by atoms with Crippen LogP contribution < -0.4 is 5.32 Å². The molecule has 0 aliphatic carbocycles. The zero-order valence-electron chi connectivity index (χ0n) is 7.50. The fourth-order valence-corrected chi connectivity index (χ4v) is 1.30. The fraction of sp³-hybridized carbons (Fsp3) is 0.333. The molecule has 0 aliphatic heterocycles. The molecule has 4 heteroatoms. The van der Waals surface area contributed by atoms with Crippen LogP contribution in [0.5, 0.6) is 0 Å². The van der Waals surface area contributed by atoms with Gasteiger partial charge in [-0.2, -0.15) is 0 Å². The molecule has 0 aliphatic rings. The summed E-state index contributed by atoms with van der Waals surface area (Å²) in [6.45, 7) is 5.76. The summed E-state index contributed by atoms with van der Waals surface area (Å²) >= 11 is 3.36. The molecule has 1 aromatic rings. The van der Waals surface area contributed by atoms with Gasteiger partial charge in [-0.3, -0.25) is 0 Å². The summed E-state index contributed by atoms with van der Waals surface area (Å²) in [5.74, 6) is 0.823. The summed E-state index contributed by atoms with van der Waals surface area (Å²) in [4.78, 5) is 7.98. The maximum atomic E-state index is 4.10. The van der Waals surface area contributed by atoms with Crippen molar-refractivity contribution in [2.45, 2.75) is 19.4 Å². The zero-order chi connectivity index (χ0) is 9.68. The molecule has 0 saturated carbocycles. The van der Waals surface area contributed by atoms with E-state index in [1.165, 1.54) is 6.33 Å². The molecule has 0 saturated heterocycles. The van der Waals surface area contributed by atoms with Crippen molar-refractivity contribution >= 4 is 21.7 Å². The normalized spacial score (nSPS) is 12.2. The molecule has 1 unspecified atom stereocenters. The Kier molecular flexibility index (Phi) is 3.89. The van der Waals surface area contributed by atoms with Gasteiger partial charge in [0.05, 0.1) is 4.47 Å². The Morgan fingerprint density at radius 3 is 3.15 bits per heavy atom. The minimum atomic E-state index is 0.337. The van der Waals surface area contributed by atoms with Crippen LogP contribution >= 0.6 is 15.9 Å². The standard InChI is InChI=1S/C9H12BrN3/c1-3-4-7(2)13-9-8(10)5-11-6-12-9/h3,5-7H,1,4H2,2H3,(H,11,12,13). The van der Waals surface area contributed by atoms with Gasteiger partial charge in [0.15, 0.2) is 0 Å². The lowest BCUT2D eigenvalue weighted by Gasteiger charge is -2.12. The van der Waals surface area contributed by atoms with E-state index >= 15 is 0 Å². The molecule has 70 valence electrons. The van der Waals surface area contributed by atoms with E-state index in [1.807, 2.05) is 6.08 Å². The van der Waals surface area contributed by atoms with Crippen LogP contribution in [0, 0.1) is 0 Å². The van der Waals surface area contributed by atoms with Gasteiger partial charge in [-0.05, 0) is 29.3 Å². The molecule has 1 rings (SSSR count). The van der Waals surface area contributed by atoms with E-state index in [0.717, 1.165) is 16.7 Å². The van der Waals surface area contributed by atoms with Gasteiger partial charge < -0.3 is 5.32 Å². The average molecular weight is 242 g/mol. The Hall–Kier alpha value is -0.900. The highest BCUT2D eigenvalue weighted by Gasteiger charge is 2.03. The smallest absolute Gasteiger partial charge is 0.143 e. The van der Waals surface area contributed by atoms with E-state index in [1.54, 1.807) is 6.20 Å². The summed E-state index contributed by atoms with van der Waals surface area (Å²) in [5, 5.41) is 3.24. The quantitative estimate of drug-likeness (QED) is 0.824. The second-order valence-electron chi connectivity index (χ2n) is 2.79. The first-order valence-corrected chi connectivity index (χ1v) is 4.86. The number of hydrogen-bond donors (Lipinski definition) is 1. The lowest BCUT2D eigenvalue weighted by Crippen LogP contribution is -2.15. The second-order valence-corrected chi connectivity index (χ2v) is 3.64. The molecule has 1 heterocycles. The van der Waals surface area contributed by atoms with Crippen molar-refractivity contribution in [1.29, 1.82) is 0 Å². The van der Waals surface area contributed by atoms with Crippen LogP contribution in [0.15, 0.2) is 29.7 Å². The van der Waals surface area contributed by atoms with E-state index in [2.05, 4.69) is 44.7 Å². The van der Waals surface area contributed by atoms with Gasteiger partial charge in [0.2, 0.25) is 0 Å². The van der Waals surface area contributed by atoms with E-state index in [4.69, 9.17) is 0 Å². The fourth-order valence-electron chi connectivity index (χ4n) is 0.961. The topological polar surface area (TPSA) is 37.8 Å². The number of hydrogen-bond acceptors (Lipinski definition) is 3. The van der Waals surface area contributed by atoms with Crippen LogP contribution in [0.1, 0.15) is 13.3 Å². The molecule has 1 aromatic heterocycles. The van der Waals surface area contributed by atoms with E-state index < -0.39 is 0 Å². The van der Waals surface area contributed by atoms with E-state index in [-0.39, 0.29) is 0 Å². The second kappa shape index (κ2) is 4.97. The summed E-state index contributed by atoms with van der Waals surface area (Å²) in [6.07, 6.45) is 6.03. The number of aromatic nitrogens is 2. The minimum Gasteiger partial charge on any atom is -0.366 e. The summed E-state index contributed by atoms with van der Waals surface area (Å²) in [6, 6.07) is 0.337. The largest absolute Gasteiger partial charge is 0.366 e. The van der Waals surface area contributed by atoms with Crippen LogP contribution in [0.4, 0.5) is 5.82 Å². The van der Waals surface area contributed by atoms with Crippen molar-refractivity contribution in [1.82, 2.24) is 9.97 Å². The summed E-state index contributed by atoms with van der Waals surface area (Å²) in [7, 11) is 0. The van der Waals surface area contributed by atoms with Crippen LogP contribution in [0.3, 0.4) is 0 Å². The number of nitrogens with zero attached hydrogens (tertiary/aromatic N) is 2. The molecular weight excluding hydrogens is 230 g/mol. The van der Waals surface area contributed by atoms with Gasteiger partial charge >= 0.3 is 0 Å². The van der Waals surface area contributed by atoms with Gasteiger partial charge in [-0.25, -0.2) is 9.97 Å². The Labute approximate surface area is 86.4 Å². The van der Waals surface area contributed by atoms with Gasteiger partial charge in [-0.1, -0.05) is 6.08 Å². The molecular formula is C9H12BrN3. The van der Waals surface area contributed by atoms with Gasteiger partial charge in [-0.15, -0.1) is 6.58 Å². The maximum Gasteiger partial charge on any atom is 0.143 e. The molecule has 0 radical (unpaired) electrons. The highest BCUT2D eigenvalue weighted by Crippen LogP contribution is 2.18. The van der Waals surface area contributed by atoms with E-state index in [0.29, 0.717) is 6.04 Å². The molecule has 0 aromatic carbocycles. The lowest BCUT2D eigenvalue weighted by atomic mass is 10.2. The molecule has 0 spiro atoms. The van der Waals surface area contributed by atoms with Gasteiger partial charge in [0, 0.05) is 12.2 Å². The first kappa shape index (κ1) is 10.2. The van der Waals surface area contributed by atoms with Crippen molar-refractivity contribution < 1.29 is 0 Å². The van der Waals surface area contributed by atoms with E-state index in [9.17, 15) is 0 Å². The minimum absolute atomic E-state index is 0.337. The Morgan fingerprint density at radius 1 is 1.77 bits per heavy atom.